The number of rotatable bonds is 4. The lowest BCUT2D eigenvalue weighted by Gasteiger charge is -2.49. The third-order valence-electron chi connectivity index (χ3n) is 5.99. The second kappa shape index (κ2) is 7.08. The first kappa shape index (κ1) is 17.2. The highest BCUT2D eigenvalue weighted by Gasteiger charge is 2.51. The van der Waals surface area contributed by atoms with Gasteiger partial charge in [-0.05, 0) is 6.42 Å². The van der Waals surface area contributed by atoms with E-state index in [2.05, 4.69) is 81.6 Å². The molecule has 0 aromatic heterocycles. The summed E-state index contributed by atoms with van der Waals surface area (Å²) in [7, 11) is 2.29. The van der Waals surface area contributed by atoms with E-state index in [4.69, 9.17) is 0 Å². The van der Waals surface area contributed by atoms with Crippen molar-refractivity contribution in [1.29, 1.82) is 0 Å². The average Bonchev–Trinajstić information content (AvgIpc) is 2.61. The number of hydrogen-bond donors (Lipinski definition) is 2. The Balaban J connectivity index is 2.03. The molecule has 1 fully saturated rings. The smallest absolute Gasteiger partial charge is 0.119 e. The lowest BCUT2D eigenvalue weighted by molar-refractivity contribution is -0.957. The number of hydrogen-bond acceptors (Lipinski definition) is 1. The SMILES string of the molecule is CCC[C@@]1(O)C[C@H](c2ccccc2)[NH+](C)[C@H](c2ccccc2)[C@@H]1C. The van der Waals surface area contributed by atoms with Crippen molar-refractivity contribution in [2.45, 2.75) is 50.8 Å². The van der Waals surface area contributed by atoms with Crippen molar-refractivity contribution in [1.82, 2.24) is 0 Å². The third-order valence-corrected chi connectivity index (χ3v) is 5.99. The average molecular weight is 324 g/mol. The minimum Gasteiger partial charge on any atom is -0.389 e. The maximum Gasteiger partial charge on any atom is 0.119 e. The second-order valence-electron chi connectivity index (χ2n) is 7.44. The minimum atomic E-state index is -0.602. The van der Waals surface area contributed by atoms with Crippen LogP contribution in [0.2, 0.25) is 0 Å². The van der Waals surface area contributed by atoms with E-state index in [0.29, 0.717) is 12.1 Å². The van der Waals surface area contributed by atoms with Gasteiger partial charge in [-0.25, -0.2) is 0 Å². The lowest BCUT2D eigenvalue weighted by Crippen LogP contribution is -3.12. The standard InChI is InChI=1S/C22H29NO/c1-4-15-22(24)16-20(18-11-7-5-8-12-18)23(3)21(17(22)2)19-13-9-6-10-14-19/h5-14,17,20-21,24H,4,15-16H2,1-3H3/p+1/t17-,20+,21-,22+/m0/s1. The first-order chi connectivity index (χ1) is 11.6. The number of likely N-dealkylation sites (tertiary alicyclic amines) is 1. The highest BCUT2D eigenvalue weighted by atomic mass is 16.3. The van der Waals surface area contributed by atoms with E-state index in [1.54, 1.807) is 0 Å². The number of aliphatic hydroxyl groups is 1. The van der Waals surface area contributed by atoms with E-state index in [-0.39, 0.29) is 5.92 Å². The van der Waals surface area contributed by atoms with Crippen LogP contribution in [0.3, 0.4) is 0 Å². The number of piperidine rings is 1. The van der Waals surface area contributed by atoms with Gasteiger partial charge < -0.3 is 10.0 Å². The fraction of sp³-hybridized carbons (Fsp3) is 0.455. The van der Waals surface area contributed by atoms with Gasteiger partial charge in [0.2, 0.25) is 0 Å². The zero-order chi connectivity index (χ0) is 17.2. The molecule has 1 unspecified atom stereocenters. The Morgan fingerprint density at radius 1 is 1.00 bits per heavy atom. The Hall–Kier alpha value is -1.64. The van der Waals surface area contributed by atoms with Gasteiger partial charge in [-0.3, -0.25) is 0 Å². The van der Waals surface area contributed by atoms with E-state index in [9.17, 15) is 5.11 Å². The third kappa shape index (κ3) is 3.13. The van der Waals surface area contributed by atoms with Crippen LogP contribution >= 0.6 is 0 Å². The quantitative estimate of drug-likeness (QED) is 0.883. The minimum absolute atomic E-state index is 0.236. The summed E-state index contributed by atoms with van der Waals surface area (Å²) in [6, 6.07) is 22.0. The summed E-state index contributed by atoms with van der Waals surface area (Å²) in [5.41, 5.74) is 2.06. The molecule has 128 valence electrons. The molecular formula is C22H30NO+. The number of benzene rings is 2. The van der Waals surface area contributed by atoms with E-state index < -0.39 is 5.60 Å². The van der Waals surface area contributed by atoms with Gasteiger partial charge in [0.1, 0.15) is 12.1 Å². The molecule has 1 aliphatic heterocycles. The van der Waals surface area contributed by atoms with E-state index in [1.807, 2.05) is 0 Å². The van der Waals surface area contributed by atoms with Crippen LogP contribution in [0.5, 0.6) is 0 Å². The zero-order valence-electron chi connectivity index (χ0n) is 15.1. The van der Waals surface area contributed by atoms with Crippen molar-refractivity contribution < 1.29 is 10.0 Å². The molecule has 3 rings (SSSR count). The second-order valence-corrected chi connectivity index (χ2v) is 7.44. The van der Waals surface area contributed by atoms with Crippen molar-refractivity contribution in [2.24, 2.45) is 5.92 Å². The first-order valence-corrected chi connectivity index (χ1v) is 9.22. The summed E-state index contributed by atoms with van der Waals surface area (Å²) in [4.78, 5) is 1.49. The van der Waals surface area contributed by atoms with Crippen molar-refractivity contribution in [3.8, 4) is 0 Å². The molecule has 2 aromatic carbocycles. The molecule has 0 radical (unpaired) electrons. The fourth-order valence-corrected chi connectivity index (χ4v) is 4.66. The Labute approximate surface area is 146 Å². The highest BCUT2D eigenvalue weighted by molar-refractivity contribution is 5.23. The Kier molecular flexibility index (Phi) is 5.07. The number of nitrogens with one attached hydrogen (secondary N) is 1. The molecule has 1 saturated heterocycles. The predicted molar refractivity (Wildman–Crippen MR) is 98.9 cm³/mol. The van der Waals surface area contributed by atoms with Crippen LogP contribution < -0.4 is 4.90 Å². The zero-order valence-corrected chi connectivity index (χ0v) is 15.1. The Morgan fingerprint density at radius 2 is 1.54 bits per heavy atom. The topological polar surface area (TPSA) is 24.7 Å². The van der Waals surface area contributed by atoms with Crippen LogP contribution in [0, 0.1) is 5.92 Å². The summed E-state index contributed by atoms with van der Waals surface area (Å²) >= 11 is 0. The van der Waals surface area contributed by atoms with Crippen LogP contribution in [-0.2, 0) is 0 Å². The maximum absolute atomic E-state index is 11.5. The van der Waals surface area contributed by atoms with Crippen LogP contribution in [0.15, 0.2) is 60.7 Å². The molecule has 2 N–H and O–H groups in total. The molecular weight excluding hydrogens is 294 g/mol. The molecule has 1 heterocycles. The molecule has 0 aliphatic carbocycles. The molecule has 2 heteroatoms. The molecule has 2 aromatic rings. The van der Waals surface area contributed by atoms with Crippen LogP contribution in [0.4, 0.5) is 0 Å². The van der Waals surface area contributed by atoms with Gasteiger partial charge in [-0.15, -0.1) is 0 Å². The molecule has 24 heavy (non-hydrogen) atoms. The van der Waals surface area contributed by atoms with Crippen LogP contribution in [-0.4, -0.2) is 17.8 Å². The summed E-state index contributed by atoms with van der Waals surface area (Å²) < 4.78 is 0. The first-order valence-electron chi connectivity index (χ1n) is 9.22. The van der Waals surface area contributed by atoms with Crippen molar-refractivity contribution in [3.05, 3.63) is 71.8 Å². The van der Waals surface area contributed by atoms with Gasteiger partial charge in [0.25, 0.3) is 0 Å². The van der Waals surface area contributed by atoms with Crippen LogP contribution in [0.1, 0.15) is 56.3 Å². The maximum atomic E-state index is 11.5. The van der Waals surface area contributed by atoms with Gasteiger partial charge in [0, 0.05) is 23.5 Å². The van der Waals surface area contributed by atoms with Crippen molar-refractivity contribution in [3.63, 3.8) is 0 Å². The highest BCUT2D eigenvalue weighted by Crippen LogP contribution is 2.42. The fourth-order valence-electron chi connectivity index (χ4n) is 4.66. The molecule has 0 amide bonds. The Bertz CT molecular complexity index is 642. The van der Waals surface area contributed by atoms with Gasteiger partial charge in [-0.1, -0.05) is 80.9 Å². The van der Waals surface area contributed by atoms with Crippen molar-refractivity contribution in [2.75, 3.05) is 7.05 Å². The van der Waals surface area contributed by atoms with Gasteiger partial charge in [0.15, 0.2) is 0 Å². The van der Waals surface area contributed by atoms with E-state index in [0.717, 1.165) is 19.3 Å². The summed E-state index contributed by atoms with van der Waals surface area (Å²) in [5, 5.41) is 11.5. The summed E-state index contributed by atoms with van der Waals surface area (Å²) in [6.45, 7) is 4.41. The molecule has 2 nitrogen and oxygen atoms in total. The van der Waals surface area contributed by atoms with Crippen molar-refractivity contribution >= 4 is 0 Å². The summed E-state index contributed by atoms with van der Waals surface area (Å²) in [6.07, 6.45) is 2.72. The number of quaternary nitrogens is 1. The largest absolute Gasteiger partial charge is 0.389 e. The van der Waals surface area contributed by atoms with Gasteiger partial charge in [-0.2, -0.15) is 0 Å². The molecule has 0 saturated carbocycles. The molecule has 5 atom stereocenters. The van der Waals surface area contributed by atoms with Crippen LogP contribution in [0.25, 0.3) is 0 Å². The monoisotopic (exact) mass is 324 g/mol. The molecule has 0 spiro atoms. The predicted octanol–water partition coefficient (Wildman–Crippen LogP) is 3.55. The van der Waals surface area contributed by atoms with E-state index >= 15 is 0 Å². The van der Waals surface area contributed by atoms with Gasteiger partial charge >= 0.3 is 0 Å². The van der Waals surface area contributed by atoms with E-state index in [1.165, 1.54) is 16.0 Å². The Morgan fingerprint density at radius 3 is 2.08 bits per heavy atom. The normalized spacial score (nSPS) is 33.3. The van der Waals surface area contributed by atoms with Gasteiger partial charge in [0.05, 0.1) is 12.6 Å². The lowest BCUT2D eigenvalue weighted by atomic mass is 9.69. The summed E-state index contributed by atoms with van der Waals surface area (Å²) in [5.74, 6) is 0.236. The molecule has 0 bridgehead atoms. The molecule has 1 aliphatic rings.